The van der Waals surface area contributed by atoms with Crippen LogP contribution in [0.1, 0.15) is 43.4 Å². The predicted octanol–water partition coefficient (Wildman–Crippen LogP) is 3.40. The quantitative estimate of drug-likeness (QED) is 0.561. The van der Waals surface area contributed by atoms with E-state index in [1.54, 1.807) is 20.8 Å². The van der Waals surface area contributed by atoms with Crippen LogP contribution >= 0.6 is 0 Å². The highest BCUT2D eigenvalue weighted by atomic mass is 16.5. The van der Waals surface area contributed by atoms with Crippen LogP contribution in [0.3, 0.4) is 0 Å². The van der Waals surface area contributed by atoms with Gasteiger partial charge < -0.3 is 9.72 Å². The van der Waals surface area contributed by atoms with E-state index >= 15 is 0 Å². The van der Waals surface area contributed by atoms with Crippen LogP contribution in [0.2, 0.25) is 0 Å². The smallest absolute Gasteiger partial charge is 0.311 e. The van der Waals surface area contributed by atoms with Gasteiger partial charge in [-0.1, -0.05) is 17.7 Å². The summed E-state index contributed by atoms with van der Waals surface area (Å²) in [5.41, 5.74) is 2.49. The maximum atomic E-state index is 13.3. The van der Waals surface area contributed by atoms with Crippen LogP contribution in [0.4, 0.5) is 0 Å². The highest BCUT2D eigenvalue weighted by Crippen LogP contribution is 2.22. The van der Waals surface area contributed by atoms with Gasteiger partial charge >= 0.3 is 5.97 Å². The third-order valence-corrected chi connectivity index (χ3v) is 4.52. The Kier molecular flexibility index (Phi) is 4.86. The molecule has 0 aliphatic rings. The number of aromatic nitrogens is 3. The second-order valence-electron chi connectivity index (χ2n) is 7.83. The molecule has 0 atom stereocenters. The first-order valence-electron chi connectivity index (χ1n) is 8.98. The molecular weight excluding hydrogens is 354 g/mol. The Balaban J connectivity index is 2.17. The Morgan fingerprint density at radius 2 is 1.89 bits per heavy atom. The summed E-state index contributed by atoms with van der Waals surface area (Å²) in [5.74, 6) is 2.36. The Bertz CT molecular complexity index is 1150. The third kappa shape index (κ3) is 3.44. The topological polar surface area (TPSA) is 77.0 Å². The van der Waals surface area contributed by atoms with E-state index in [-0.39, 0.29) is 24.0 Å². The first-order chi connectivity index (χ1) is 13.1. The predicted molar refractivity (Wildman–Crippen MR) is 108 cm³/mol. The summed E-state index contributed by atoms with van der Waals surface area (Å²) in [6, 6.07) is 7.45. The number of aryl methyl sites for hydroxylation is 2. The van der Waals surface area contributed by atoms with Crippen LogP contribution < -0.4 is 5.56 Å². The van der Waals surface area contributed by atoms with Gasteiger partial charge in [-0.25, -0.2) is 4.98 Å². The molecule has 144 valence electrons. The monoisotopic (exact) mass is 377 g/mol. The zero-order valence-corrected chi connectivity index (χ0v) is 16.7. The van der Waals surface area contributed by atoms with E-state index in [0.29, 0.717) is 28.0 Å². The number of carbonyl (C=O) groups excluding carboxylic acids is 1. The molecule has 0 radical (unpaired) electrons. The first kappa shape index (κ1) is 19.4. The molecule has 0 bridgehead atoms. The lowest BCUT2D eigenvalue weighted by Crippen LogP contribution is -2.24. The lowest BCUT2D eigenvalue weighted by Gasteiger charge is -2.16. The van der Waals surface area contributed by atoms with Crippen LogP contribution in [0.5, 0.6) is 0 Å². The van der Waals surface area contributed by atoms with E-state index in [1.807, 2.05) is 38.1 Å². The number of ether oxygens (including phenoxy) is 1. The largest absolute Gasteiger partial charge is 0.460 e. The fraction of sp³-hybridized carbons (Fsp3) is 0.318. The fourth-order valence-corrected chi connectivity index (χ4v) is 2.89. The second kappa shape index (κ2) is 7.01. The van der Waals surface area contributed by atoms with Gasteiger partial charge in [0.1, 0.15) is 12.3 Å². The molecule has 0 unspecified atom stereocenters. The molecule has 0 amide bonds. The number of hydrogen-bond acceptors (Lipinski definition) is 4. The number of esters is 1. The van der Waals surface area contributed by atoms with Crippen LogP contribution in [0.25, 0.3) is 16.7 Å². The molecule has 0 aliphatic carbocycles. The number of hydrogen-bond donors (Lipinski definition) is 1. The minimum atomic E-state index is -0.628. The molecule has 2 heterocycles. The minimum Gasteiger partial charge on any atom is -0.460 e. The van der Waals surface area contributed by atoms with Crippen molar-refractivity contribution >= 4 is 17.0 Å². The average molecular weight is 377 g/mol. The molecule has 2 aromatic heterocycles. The Morgan fingerprint density at radius 1 is 1.25 bits per heavy atom. The van der Waals surface area contributed by atoms with Gasteiger partial charge in [0.05, 0.1) is 16.5 Å². The number of carbonyl (C=O) groups is 1. The molecule has 28 heavy (non-hydrogen) atoms. The van der Waals surface area contributed by atoms with E-state index in [9.17, 15) is 9.59 Å². The Morgan fingerprint density at radius 3 is 2.46 bits per heavy atom. The molecule has 3 aromatic rings. The summed E-state index contributed by atoms with van der Waals surface area (Å²) in [7, 11) is 0. The maximum Gasteiger partial charge on any atom is 0.311 e. The van der Waals surface area contributed by atoms with Gasteiger partial charge in [-0.15, -0.1) is 6.42 Å². The lowest BCUT2D eigenvalue weighted by atomic mass is 9.97. The number of terminal acetylenes is 1. The molecule has 0 aliphatic heterocycles. The summed E-state index contributed by atoms with van der Waals surface area (Å²) < 4.78 is 6.84. The van der Waals surface area contributed by atoms with E-state index in [0.717, 1.165) is 5.56 Å². The highest BCUT2D eigenvalue weighted by molar-refractivity contribution is 5.82. The summed E-state index contributed by atoms with van der Waals surface area (Å²) in [6.45, 7) is 9.11. The number of benzene rings is 1. The molecule has 0 saturated carbocycles. The zero-order valence-electron chi connectivity index (χ0n) is 16.7. The molecule has 6 nitrogen and oxygen atoms in total. The third-order valence-electron chi connectivity index (χ3n) is 4.52. The first-order valence-corrected chi connectivity index (χ1v) is 8.98. The van der Waals surface area contributed by atoms with Crippen molar-refractivity contribution in [2.75, 3.05) is 0 Å². The van der Waals surface area contributed by atoms with Crippen LogP contribution in [-0.4, -0.2) is 20.5 Å². The van der Waals surface area contributed by atoms with Crippen molar-refractivity contribution in [3.05, 3.63) is 57.3 Å². The standard InChI is InChI=1S/C22H23N3O3/c1-7-17-24-19-18(20(26)25(17)15-10-8-13(2)9-11-15)16(14(3)23-19)12-28-21(27)22(4,5)6/h1,8-11,23H,12H2,2-6H3. The van der Waals surface area contributed by atoms with Crippen molar-refractivity contribution in [2.24, 2.45) is 5.41 Å². The van der Waals surface area contributed by atoms with Gasteiger partial charge in [0.2, 0.25) is 0 Å². The SMILES string of the molecule is C#Cc1nc2[nH]c(C)c(COC(=O)C(C)(C)C)c2c(=O)n1-c1ccc(C)cc1. The number of nitrogens with zero attached hydrogens (tertiary/aromatic N) is 2. The highest BCUT2D eigenvalue weighted by Gasteiger charge is 2.25. The summed E-state index contributed by atoms with van der Waals surface area (Å²) >= 11 is 0. The molecular formula is C22H23N3O3. The summed E-state index contributed by atoms with van der Waals surface area (Å²) in [5, 5.41) is 0.374. The zero-order chi connectivity index (χ0) is 20.6. The fourth-order valence-electron chi connectivity index (χ4n) is 2.89. The van der Waals surface area contributed by atoms with Crippen molar-refractivity contribution < 1.29 is 9.53 Å². The average Bonchev–Trinajstić information content (AvgIpc) is 2.95. The second-order valence-corrected chi connectivity index (χ2v) is 7.83. The molecule has 0 spiro atoms. The summed E-state index contributed by atoms with van der Waals surface area (Å²) in [6.07, 6.45) is 5.61. The maximum absolute atomic E-state index is 13.3. The number of fused-ring (bicyclic) bond motifs is 1. The van der Waals surface area contributed by atoms with Crippen molar-refractivity contribution in [3.8, 4) is 18.0 Å². The minimum absolute atomic E-state index is 0.0118. The van der Waals surface area contributed by atoms with Crippen LogP contribution in [0.15, 0.2) is 29.1 Å². The number of aromatic amines is 1. The van der Waals surface area contributed by atoms with Gasteiger partial charge in [-0.3, -0.25) is 14.2 Å². The van der Waals surface area contributed by atoms with Gasteiger partial charge in [-0.05, 0) is 52.7 Å². The molecule has 0 fully saturated rings. The van der Waals surface area contributed by atoms with Crippen molar-refractivity contribution in [1.29, 1.82) is 0 Å². The Labute approximate surface area is 163 Å². The lowest BCUT2D eigenvalue weighted by molar-refractivity contribution is -0.154. The van der Waals surface area contributed by atoms with E-state index in [1.165, 1.54) is 4.57 Å². The van der Waals surface area contributed by atoms with Gasteiger partial charge in [0.15, 0.2) is 5.82 Å². The number of nitrogens with one attached hydrogen (secondary N) is 1. The summed E-state index contributed by atoms with van der Waals surface area (Å²) in [4.78, 5) is 33.0. The molecule has 1 N–H and O–H groups in total. The van der Waals surface area contributed by atoms with E-state index < -0.39 is 5.41 Å². The van der Waals surface area contributed by atoms with E-state index in [4.69, 9.17) is 11.2 Å². The van der Waals surface area contributed by atoms with Crippen molar-refractivity contribution in [1.82, 2.24) is 14.5 Å². The molecule has 0 saturated heterocycles. The van der Waals surface area contributed by atoms with Gasteiger partial charge in [0.25, 0.3) is 5.56 Å². The molecule has 1 aromatic carbocycles. The van der Waals surface area contributed by atoms with Gasteiger partial charge in [-0.2, -0.15) is 0 Å². The number of rotatable bonds is 3. The normalized spacial score (nSPS) is 11.4. The Hall–Kier alpha value is -3.33. The van der Waals surface area contributed by atoms with Crippen LogP contribution in [-0.2, 0) is 16.1 Å². The molecule has 6 heteroatoms. The van der Waals surface area contributed by atoms with E-state index in [2.05, 4.69) is 15.9 Å². The van der Waals surface area contributed by atoms with Crippen molar-refractivity contribution in [3.63, 3.8) is 0 Å². The number of H-pyrrole nitrogens is 1. The van der Waals surface area contributed by atoms with Gasteiger partial charge in [0, 0.05) is 11.3 Å². The molecule has 3 rings (SSSR count). The van der Waals surface area contributed by atoms with Crippen LogP contribution in [0, 0.1) is 31.6 Å². The van der Waals surface area contributed by atoms with Crippen molar-refractivity contribution in [2.45, 2.75) is 41.2 Å².